The van der Waals surface area contributed by atoms with Gasteiger partial charge in [0.05, 0.1) is 25.8 Å². The van der Waals surface area contributed by atoms with Gasteiger partial charge in [0.25, 0.3) is 0 Å². The molecule has 2 heterocycles. The molecule has 0 saturated carbocycles. The van der Waals surface area contributed by atoms with Crippen LogP contribution in [0.25, 0.3) is 0 Å². The van der Waals surface area contributed by atoms with E-state index in [1.807, 2.05) is 43.3 Å². The number of rotatable bonds is 6. The minimum atomic E-state index is -0.182. The minimum absolute atomic E-state index is 0.0786. The second-order valence-corrected chi connectivity index (χ2v) is 5.68. The number of pyridine rings is 1. The molecule has 0 bridgehead atoms. The largest absolute Gasteiger partial charge is 0.492 e. The third-order valence-electron chi connectivity index (χ3n) is 3.98. The van der Waals surface area contributed by atoms with E-state index in [0.717, 1.165) is 23.3 Å². The van der Waals surface area contributed by atoms with Crippen LogP contribution in [-0.2, 0) is 16.1 Å². The number of ether oxygens (including phenoxy) is 3. The van der Waals surface area contributed by atoms with Gasteiger partial charge in [0, 0.05) is 17.5 Å². The van der Waals surface area contributed by atoms with Gasteiger partial charge in [0.2, 0.25) is 5.88 Å². The van der Waals surface area contributed by atoms with Crippen molar-refractivity contribution in [3.8, 4) is 11.6 Å². The highest BCUT2D eigenvalue weighted by atomic mass is 16.5. The van der Waals surface area contributed by atoms with E-state index in [1.54, 1.807) is 6.20 Å². The molecular formula is C19H21NO4. The molecule has 1 aliphatic heterocycles. The maximum absolute atomic E-state index is 11.8. The second-order valence-electron chi connectivity index (χ2n) is 5.68. The molecule has 3 rings (SSSR count). The first kappa shape index (κ1) is 16.3. The van der Waals surface area contributed by atoms with Crippen molar-refractivity contribution in [1.29, 1.82) is 0 Å². The molecule has 0 amide bonds. The third kappa shape index (κ3) is 4.04. The summed E-state index contributed by atoms with van der Waals surface area (Å²) in [5.41, 5.74) is 2.05. The number of carbonyl (C=O) groups is 1. The molecule has 24 heavy (non-hydrogen) atoms. The van der Waals surface area contributed by atoms with E-state index in [-0.39, 0.29) is 11.9 Å². The van der Waals surface area contributed by atoms with Gasteiger partial charge in [0.1, 0.15) is 12.4 Å². The van der Waals surface area contributed by atoms with E-state index in [0.29, 0.717) is 32.1 Å². The number of hydrogen-bond acceptors (Lipinski definition) is 5. The van der Waals surface area contributed by atoms with Crippen molar-refractivity contribution < 1.29 is 19.0 Å². The number of fused-ring (bicyclic) bond motifs is 1. The van der Waals surface area contributed by atoms with Crippen molar-refractivity contribution in [1.82, 2.24) is 4.98 Å². The number of carbonyl (C=O) groups excluding carboxylic acids is 1. The molecule has 5 heteroatoms. The monoisotopic (exact) mass is 327 g/mol. The van der Waals surface area contributed by atoms with Gasteiger partial charge in [0.15, 0.2) is 0 Å². The van der Waals surface area contributed by atoms with E-state index in [2.05, 4.69) is 4.98 Å². The van der Waals surface area contributed by atoms with Gasteiger partial charge in [-0.25, -0.2) is 4.98 Å². The zero-order chi connectivity index (χ0) is 16.8. The molecule has 0 N–H and O–H groups in total. The molecule has 1 unspecified atom stereocenters. The summed E-state index contributed by atoms with van der Waals surface area (Å²) in [6.45, 7) is 3.25. The molecular weight excluding hydrogens is 306 g/mol. The lowest BCUT2D eigenvalue weighted by Gasteiger charge is -2.25. The van der Waals surface area contributed by atoms with Crippen LogP contribution in [0.2, 0.25) is 0 Å². The van der Waals surface area contributed by atoms with Gasteiger partial charge in [-0.1, -0.05) is 30.3 Å². The van der Waals surface area contributed by atoms with Crippen LogP contribution < -0.4 is 9.47 Å². The second kappa shape index (κ2) is 7.81. The first-order valence-corrected chi connectivity index (χ1v) is 8.21. The van der Waals surface area contributed by atoms with E-state index >= 15 is 0 Å². The Kier molecular flexibility index (Phi) is 5.31. The van der Waals surface area contributed by atoms with Crippen molar-refractivity contribution in [3.05, 3.63) is 53.7 Å². The summed E-state index contributed by atoms with van der Waals surface area (Å²) in [6.07, 6.45) is 2.81. The van der Waals surface area contributed by atoms with Crippen molar-refractivity contribution in [2.24, 2.45) is 0 Å². The van der Waals surface area contributed by atoms with Crippen LogP contribution in [0.4, 0.5) is 0 Å². The van der Waals surface area contributed by atoms with Gasteiger partial charge in [-0.15, -0.1) is 0 Å². The van der Waals surface area contributed by atoms with Crippen LogP contribution in [0.5, 0.6) is 11.6 Å². The highest BCUT2D eigenvalue weighted by molar-refractivity contribution is 5.71. The van der Waals surface area contributed by atoms with Gasteiger partial charge in [-0.2, -0.15) is 0 Å². The Morgan fingerprint density at radius 3 is 2.96 bits per heavy atom. The smallest absolute Gasteiger partial charge is 0.306 e. The van der Waals surface area contributed by atoms with Crippen LogP contribution in [0.15, 0.2) is 42.6 Å². The normalized spacial score (nSPS) is 16.0. The zero-order valence-electron chi connectivity index (χ0n) is 13.7. The lowest BCUT2D eigenvalue weighted by Crippen LogP contribution is -2.18. The summed E-state index contributed by atoms with van der Waals surface area (Å²) in [5.74, 6) is 1.16. The number of nitrogens with zero attached hydrogens (tertiary/aromatic N) is 1. The van der Waals surface area contributed by atoms with E-state index in [9.17, 15) is 4.79 Å². The number of aromatic nitrogens is 1. The quantitative estimate of drug-likeness (QED) is 0.760. The summed E-state index contributed by atoms with van der Waals surface area (Å²) in [6, 6.07) is 11.8. The highest BCUT2D eigenvalue weighted by Gasteiger charge is 2.25. The fourth-order valence-electron chi connectivity index (χ4n) is 2.79. The van der Waals surface area contributed by atoms with Gasteiger partial charge < -0.3 is 14.2 Å². The Morgan fingerprint density at radius 2 is 2.17 bits per heavy atom. The topological polar surface area (TPSA) is 57.7 Å². The Labute approximate surface area is 141 Å². The molecule has 1 aromatic heterocycles. The van der Waals surface area contributed by atoms with Crippen LogP contribution in [0.1, 0.15) is 36.8 Å². The SMILES string of the molecule is CCOC(=O)CC1CCOc2cnc(OCc3ccccc3)cc21. The summed E-state index contributed by atoms with van der Waals surface area (Å²) >= 11 is 0. The fourth-order valence-corrected chi connectivity index (χ4v) is 2.79. The predicted molar refractivity (Wildman–Crippen MR) is 89.1 cm³/mol. The lowest BCUT2D eigenvalue weighted by atomic mass is 9.91. The Bertz CT molecular complexity index is 687. The van der Waals surface area contributed by atoms with Crippen molar-refractivity contribution in [2.75, 3.05) is 13.2 Å². The summed E-state index contributed by atoms with van der Waals surface area (Å²) < 4.78 is 16.5. The fraction of sp³-hybridized carbons (Fsp3) is 0.368. The van der Waals surface area contributed by atoms with Gasteiger partial charge in [-0.3, -0.25) is 4.79 Å². The van der Waals surface area contributed by atoms with Crippen LogP contribution in [0.3, 0.4) is 0 Å². The Morgan fingerprint density at radius 1 is 1.33 bits per heavy atom. The molecule has 0 radical (unpaired) electrons. The average molecular weight is 327 g/mol. The molecule has 0 aliphatic carbocycles. The lowest BCUT2D eigenvalue weighted by molar-refractivity contribution is -0.143. The maximum Gasteiger partial charge on any atom is 0.306 e. The molecule has 1 aliphatic rings. The Balaban J connectivity index is 1.71. The van der Waals surface area contributed by atoms with Crippen molar-refractivity contribution >= 4 is 5.97 Å². The zero-order valence-corrected chi connectivity index (χ0v) is 13.7. The molecule has 126 valence electrons. The van der Waals surface area contributed by atoms with Crippen molar-refractivity contribution in [2.45, 2.75) is 32.3 Å². The van der Waals surface area contributed by atoms with Gasteiger partial charge >= 0.3 is 5.97 Å². The van der Waals surface area contributed by atoms with Crippen LogP contribution in [-0.4, -0.2) is 24.2 Å². The number of esters is 1. The third-order valence-corrected chi connectivity index (χ3v) is 3.98. The molecule has 5 nitrogen and oxygen atoms in total. The average Bonchev–Trinajstić information content (AvgIpc) is 2.61. The molecule has 0 spiro atoms. The van der Waals surface area contributed by atoms with Crippen molar-refractivity contribution in [3.63, 3.8) is 0 Å². The molecule has 2 aromatic rings. The minimum Gasteiger partial charge on any atom is -0.492 e. The first-order valence-electron chi connectivity index (χ1n) is 8.21. The molecule has 0 fully saturated rings. The molecule has 1 atom stereocenters. The number of hydrogen-bond donors (Lipinski definition) is 0. The van der Waals surface area contributed by atoms with Crippen LogP contribution in [0, 0.1) is 0 Å². The van der Waals surface area contributed by atoms with E-state index in [1.165, 1.54) is 0 Å². The van der Waals surface area contributed by atoms with Gasteiger partial charge in [-0.05, 0) is 18.9 Å². The molecule has 1 aromatic carbocycles. The summed E-state index contributed by atoms with van der Waals surface area (Å²) in [5, 5.41) is 0. The Hall–Kier alpha value is -2.56. The highest BCUT2D eigenvalue weighted by Crippen LogP contribution is 2.37. The van der Waals surface area contributed by atoms with E-state index < -0.39 is 0 Å². The molecule has 0 saturated heterocycles. The maximum atomic E-state index is 11.8. The van der Waals surface area contributed by atoms with E-state index in [4.69, 9.17) is 14.2 Å². The summed E-state index contributed by atoms with van der Waals surface area (Å²) in [7, 11) is 0. The standard InChI is InChI=1S/C19H21NO4/c1-2-22-19(21)10-15-8-9-23-17-12-20-18(11-16(15)17)24-13-14-6-4-3-5-7-14/h3-7,11-12,15H,2,8-10,13H2,1H3. The summed E-state index contributed by atoms with van der Waals surface area (Å²) in [4.78, 5) is 16.1. The predicted octanol–water partition coefficient (Wildman–Crippen LogP) is 3.48. The number of benzene rings is 1. The first-order chi connectivity index (χ1) is 11.8. The van der Waals surface area contributed by atoms with Crippen LogP contribution >= 0.6 is 0 Å².